The van der Waals surface area contributed by atoms with Crippen molar-refractivity contribution in [2.45, 2.75) is 32.9 Å². The topological polar surface area (TPSA) is 89.3 Å². The Kier molecular flexibility index (Phi) is 7.75. The Balaban J connectivity index is 1.60. The average molecular weight is 433 g/mol. The first kappa shape index (κ1) is 22.9. The molecule has 0 bridgehead atoms. The maximum Gasteiger partial charge on any atom is 0.242 e. The number of aryl methyl sites for hydroxylation is 1. The van der Waals surface area contributed by atoms with E-state index in [-0.39, 0.29) is 11.9 Å². The smallest absolute Gasteiger partial charge is 0.242 e. The predicted molar refractivity (Wildman–Crippen MR) is 117 cm³/mol. The fourth-order valence-corrected chi connectivity index (χ4v) is 4.01. The van der Waals surface area contributed by atoms with Crippen LogP contribution in [0.3, 0.4) is 0 Å². The lowest BCUT2D eigenvalue weighted by molar-refractivity contribution is -0.122. The number of nitrogens with one attached hydrogen (secondary N) is 1. The lowest BCUT2D eigenvalue weighted by Gasteiger charge is -2.38. The summed E-state index contributed by atoms with van der Waals surface area (Å²) in [5.41, 5.74) is 1.04. The van der Waals surface area contributed by atoms with Crippen LogP contribution in [0.5, 0.6) is 17.2 Å². The van der Waals surface area contributed by atoms with Gasteiger partial charge in [-0.15, -0.1) is 0 Å². The van der Waals surface area contributed by atoms with Gasteiger partial charge in [0.2, 0.25) is 11.7 Å². The van der Waals surface area contributed by atoms with Crippen LogP contribution in [-0.2, 0) is 11.3 Å². The first-order chi connectivity index (χ1) is 15.0. The molecule has 1 atom stereocenters. The molecular weight excluding hydrogens is 400 g/mol. The van der Waals surface area contributed by atoms with Gasteiger partial charge in [-0.25, -0.2) is 0 Å². The van der Waals surface area contributed by atoms with Crippen molar-refractivity contribution in [3.8, 4) is 17.2 Å². The molecule has 2 aromatic rings. The van der Waals surface area contributed by atoms with Crippen LogP contribution in [0.2, 0.25) is 0 Å². The van der Waals surface area contributed by atoms with Gasteiger partial charge in [-0.2, -0.15) is 0 Å². The van der Waals surface area contributed by atoms with Crippen molar-refractivity contribution in [1.82, 2.24) is 15.0 Å². The number of amides is 1. The highest BCUT2D eigenvalue weighted by Gasteiger charge is 2.29. The predicted octanol–water partition coefficient (Wildman–Crippen LogP) is 2.54. The van der Waals surface area contributed by atoms with Crippen LogP contribution in [0.25, 0.3) is 0 Å². The number of rotatable bonds is 9. The van der Waals surface area contributed by atoms with Crippen LogP contribution >= 0.6 is 0 Å². The Morgan fingerprint density at radius 2 is 1.84 bits per heavy atom. The van der Waals surface area contributed by atoms with E-state index in [4.69, 9.17) is 18.7 Å². The van der Waals surface area contributed by atoms with Crippen LogP contribution in [0.1, 0.15) is 24.7 Å². The van der Waals surface area contributed by atoms with Crippen LogP contribution < -0.4 is 19.5 Å². The molecular formula is C22H32N4O5. The van der Waals surface area contributed by atoms with Crippen molar-refractivity contribution in [2.24, 2.45) is 0 Å². The van der Waals surface area contributed by atoms with Crippen LogP contribution in [0.4, 0.5) is 5.82 Å². The second-order valence-corrected chi connectivity index (χ2v) is 7.54. The van der Waals surface area contributed by atoms with Gasteiger partial charge in [-0.3, -0.25) is 14.6 Å². The fraction of sp³-hybridized carbons (Fsp3) is 0.545. The van der Waals surface area contributed by atoms with Crippen LogP contribution in [0.15, 0.2) is 22.7 Å². The Labute approximate surface area is 183 Å². The molecule has 1 amide bonds. The minimum atomic E-state index is -0.199. The number of carbonyl (C=O) groups excluding carboxylic acids is 1. The number of methoxy groups -OCH3 is 3. The molecule has 170 valence electrons. The van der Waals surface area contributed by atoms with E-state index in [1.54, 1.807) is 34.3 Å². The zero-order chi connectivity index (χ0) is 22.4. The van der Waals surface area contributed by atoms with Crippen molar-refractivity contribution >= 4 is 11.7 Å². The number of carbonyl (C=O) groups is 1. The van der Waals surface area contributed by atoms with Crippen LogP contribution in [0, 0.1) is 6.92 Å². The summed E-state index contributed by atoms with van der Waals surface area (Å²) in [5.74, 6) is 3.02. The van der Waals surface area contributed by atoms with E-state index >= 15 is 0 Å². The van der Waals surface area contributed by atoms with Crippen molar-refractivity contribution < 1.29 is 23.5 Å². The van der Waals surface area contributed by atoms with Crippen molar-refractivity contribution in [3.05, 3.63) is 29.5 Å². The quantitative estimate of drug-likeness (QED) is 0.647. The second kappa shape index (κ2) is 10.5. The van der Waals surface area contributed by atoms with Gasteiger partial charge in [0.15, 0.2) is 17.3 Å². The third kappa shape index (κ3) is 5.29. The van der Waals surface area contributed by atoms with E-state index in [1.807, 2.05) is 19.1 Å². The van der Waals surface area contributed by atoms with Gasteiger partial charge in [0.1, 0.15) is 5.76 Å². The molecule has 0 radical (unpaired) electrons. The van der Waals surface area contributed by atoms with E-state index < -0.39 is 0 Å². The number of benzene rings is 1. The second-order valence-electron chi connectivity index (χ2n) is 7.54. The number of piperazine rings is 1. The highest BCUT2D eigenvalue weighted by molar-refractivity contribution is 5.94. The summed E-state index contributed by atoms with van der Waals surface area (Å²) >= 11 is 0. The number of ether oxygens (including phenoxy) is 3. The van der Waals surface area contributed by atoms with E-state index in [1.165, 1.54) is 0 Å². The molecule has 3 rings (SSSR count). The van der Waals surface area contributed by atoms with Crippen LogP contribution in [-0.4, -0.2) is 74.4 Å². The van der Waals surface area contributed by atoms with Gasteiger partial charge in [0.05, 0.1) is 27.4 Å². The Bertz CT molecular complexity index is 877. The SMILES string of the molecule is CCC(C(=O)Nc1cc(C)on1)N1CCN(Cc2ccc(OC)c(OC)c2OC)CC1. The van der Waals surface area contributed by atoms with Gasteiger partial charge in [-0.05, 0) is 19.4 Å². The molecule has 9 nitrogen and oxygen atoms in total. The first-order valence-electron chi connectivity index (χ1n) is 10.5. The van der Waals surface area contributed by atoms with Gasteiger partial charge in [-0.1, -0.05) is 18.1 Å². The molecule has 1 aromatic carbocycles. The fourth-order valence-electron chi connectivity index (χ4n) is 4.01. The molecule has 1 aliphatic rings. The van der Waals surface area contributed by atoms with Crippen molar-refractivity contribution in [1.29, 1.82) is 0 Å². The standard InChI is InChI=1S/C22H32N4O5/c1-6-17(22(27)23-19-13-15(2)31-24-19)26-11-9-25(10-12-26)14-16-7-8-18(28-3)21(30-5)20(16)29-4/h7-8,13,17H,6,9-12,14H2,1-5H3,(H,23,24,27). The summed E-state index contributed by atoms with van der Waals surface area (Å²) in [7, 11) is 4.86. The summed E-state index contributed by atoms with van der Waals surface area (Å²) in [5, 5.41) is 6.71. The Hall–Kier alpha value is -2.78. The molecule has 9 heteroatoms. The molecule has 1 unspecified atom stereocenters. The molecule has 1 aromatic heterocycles. The molecule has 1 aliphatic heterocycles. The van der Waals surface area contributed by atoms with E-state index in [9.17, 15) is 4.79 Å². The summed E-state index contributed by atoms with van der Waals surface area (Å²) < 4.78 is 21.5. The van der Waals surface area contributed by atoms with Crippen molar-refractivity contribution in [2.75, 3.05) is 52.8 Å². The van der Waals surface area contributed by atoms with Gasteiger partial charge in [0.25, 0.3) is 0 Å². The summed E-state index contributed by atoms with van der Waals surface area (Å²) in [4.78, 5) is 17.3. The molecule has 2 heterocycles. The number of anilines is 1. The molecule has 1 saturated heterocycles. The average Bonchev–Trinajstić information content (AvgIpc) is 3.19. The highest BCUT2D eigenvalue weighted by atomic mass is 16.5. The van der Waals surface area contributed by atoms with Gasteiger partial charge < -0.3 is 24.1 Å². The minimum absolute atomic E-state index is 0.0502. The zero-order valence-corrected chi connectivity index (χ0v) is 18.9. The van der Waals surface area contributed by atoms with E-state index in [0.29, 0.717) is 28.8 Å². The Morgan fingerprint density at radius 1 is 1.13 bits per heavy atom. The summed E-state index contributed by atoms with van der Waals surface area (Å²) in [6.45, 7) is 7.87. The number of aromatic nitrogens is 1. The molecule has 0 spiro atoms. The third-order valence-electron chi connectivity index (χ3n) is 5.60. The Morgan fingerprint density at radius 3 is 2.39 bits per heavy atom. The monoisotopic (exact) mass is 432 g/mol. The van der Waals surface area contributed by atoms with E-state index in [0.717, 1.165) is 44.7 Å². The maximum atomic E-state index is 12.7. The highest BCUT2D eigenvalue weighted by Crippen LogP contribution is 2.40. The zero-order valence-electron chi connectivity index (χ0n) is 18.9. The molecule has 31 heavy (non-hydrogen) atoms. The van der Waals surface area contributed by atoms with E-state index in [2.05, 4.69) is 20.3 Å². The number of hydrogen-bond donors (Lipinski definition) is 1. The largest absolute Gasteiger partial charge is 0.493 e. The van der Waals surface area contributed by atoms with Gasteiger partial charge >= 0.3 is 0 Å². The first-order valence-corrected chi connectivity index (χ1v) is 10.5. The summed E-state index contributed by atoms with van der Waals surface area (Å²) in [6.07, 6.45) is 0.728. The normalized spacial score (nSPS) is 16.0. The van der Waals surface area contributed by atoms with Crippen molar-refractivity contribution in [3.63, 3.8) is 0 Å². The molecule has 1 N–H and O–H groups in total. The lowest BCUT2D eigenvalue weighted by atomic mass is 10.1. The number of hydrogen-bond acceptors (Lipinski definition) is 8. The third-order valence-corrected chi connectivity index (χ3v) is 5.60. The lowest BCUT2D eigenvalue weighted by Crippen LogP contribution is -2.53. The minimum Gasteiger partial charge on any atom is -0.493 e. The maximum absolute atomic E-state index is 12.7. The molecule has 0 aliphatic carbocycles. The summed E-state index contributed by atoms with van der Waals surface area (Å²) in [6, 6.07) is 5.43. The van der Waals surface area contributed by atoms with Gasteiger partial charge in [0, 0.05) is 44.4 Å². The number of nitrogens with zero attached hydrogens (tertiary/aromatic N) is 3. The molecule has 0 saturated carbocycles. The molecule has 1 fully saturated rings.